The summed E-state index contributed by atoms with van der Waals surface area (Å²) < 4.78 is 11.4. The van der Waals surface area contributed by atoms with Crippen LogP contribution in [0.3, 0.4) is 0 Å². The van der Waals surface area contributed by atoms with Gasteiger partial charge < -0.3 is 34.0 Å². The van der Waals surface area contributed by atoms with Crippen molar-refractivity contribution in [3.8, 4) is 67.3 Å². The van der Waals surface area contributed by atoms with Gasteiger partial charge in [0.2, 0.25) is 0 Å². The van der Waals surface area contributed by atoms with E-state index in [0.717, 1.165) is 110 Å². The van der Waals surface area contributed by atoms with Gasteiger partial charge in [-0.15, -0.1) is 107 Å². The predicted octanol–water partition coefficient (Wildman–Crippen LogP) is 15.7. The number of pyridine rings is 4. The first-order chi connectivity index (χ1) is 36.3. The molecule has 0 aliphatic rings. The zero-order chi connectivity index (χ0) is 52.1. The fraction of sp³-hybridized carbons (Fsp3) is 0.0909. The second kappa shape index (κ2) is 30.6. The molecule has 0 aliphatic heterocycles. The number of furan rings is 2. The van der Waals surface area contributed by atoms with Crippen molar-refractivity contribution < 1.29 is 59.3 Å². The van der Waals surface area contributed by atoms with E-state index in [0.29, 0.717) is 0 Å². The van der Waals surface area contributed by atoms with E-state index in [1.807, 2.05) is 167 Å². The molecule has 0 unspecified atom stereocenters. The van der Waals surface area contributed by atoms with Crippen molar-refractivity contribution in [1.82, 2.24) is 19.9 Å². The maximum atomic E-state index is 7.00. The normalized spacial score (nSPS) is 9.89. The molecule has 6 aromatic carbocycles. The minimum Gasteiger partial charge on any atom is -0.462 e. The summed E-state index contributed by atoms with van der Waals surface area (Å²) in [6, 6.07) is 80.6. The van der Waals surface area contributed by atoms with E-state index in [1.54, 1.807) is 12.4 Å². The number of aryl methyl sites for hydroxylation is 4. The largest absolute Gasteiger partial charge is 0.462 e. The van der Waals surface area contributed by atoms with Crippen molar-refractivity contribution in [2.45, 2.75) is 27.7 Å². The first-order valence-corrected chi connectivity index (χ1v) is 24.0. The number of rotatable bonds is 6. The molecular formula is C66H57Ir2N4O4-3. The van der Waals surface area contributed by atoms with Crippen LogP contribution in [-0.4, -0.2) is 44.4 Å². The summed E-state index contributed by atoms with van der Waals surface area (Å²) in [5.41, 5.74) is 16.6. The molecule has 8 nitrogen and oxygen atoms in total. The summed E-state index contributed by atoms with van der Waals surface area (Å²) in [4.78, 5) is 17.9. The standard InChI is InChI=1S/C20H15NO.C20H14NO.2C12H10N.2CH4O.2Ir/c2*1-14-12-18-19(22-14)10-11-21-20(18)17-9-5-8-16(13-17)15-6-3-2-4-7-15;2*1-10-6-5-9-12(13-10)11-7-3-2-4-8-11;2*1-2;;/h2-13H,1H3;2-8,10-13H,1H3;2*2-7,9H,1H3;2*2H,1H3;;/q;3*-1;;;;. The van der Waals surface area contributed by atoms with Crippen molar-refractivity contribution in [3.05, 3.63) is 266 Å². The monoisotopic (exact) mass is 1360 g/mol. The minimum absolute atomic E-state index is 0. The van der Waals surface area contributed by atoms with Gasteiger partial charge in [0.15, 0.2) is 0 Å². The van der Waals surface area contributed by atoms with Crippen LogP contribution in [0.5, 0.6) is 0 Å². The fourth-order valence-corrected chi connectivity index (χ4v) is 8.01. The third-order valence-corrected chi connectivity index (χ3v) is 11.3. The molecule has 0 spiro atoms. The van der Waals surface area contributed by atoms with Crippen LogP contribution in [0.15, 0.2) is 234 Å². The van der Waals surface area contributed by atoms with Gasteiger partial charge >= 0.3 is 0 Å². The summed E-state index contributed by atoms with van der Waals surface area (Å²) in [6.07, 6.45) is 3.58. The Morgan fingerprint density at radius 3 is 1.26 bits per heavy atom. The van der Waals surface area contributed by atoms with Crippen LogP contribution in [0.1, 0.15) is 22.9 Å². The second-order valence-electron chi connectivity index (χ2n) is 16.5. The number of aromatic nitrogens is 4. The Bertz CT molecular complexity index is 3370. The minimum atomic E-state index is 0. The van der Waals surface area contributed by atoms with E-state index < -0.39 is 0 Å². The first-order valence-electron chi connectivity index (χ1n) is 24.0. The van der Waals surface area contributed by atoms with Crippen molar-refractivity contribution in [3.63, 3.8) is 0 Å². The van der Waals surface area contributed by atoms with Crippen LogP contribution in [0.2, 0.25) is 0 Å². The van der Waals surface area contributed by atoms with Crippen LogP contribution >= 0.6 is 0 Å². The summed E-state index contributed by atoms with van der Waals surface area (Å²) in [5.74, 6) is 1.80. The van der Waals surface area contributed by atoms with Crippen LogP contribution in [0, 0.1) is 45.9 Å². The van der Waals surface area contributed by atoms with E-state index in [9.17, 15) is 0 Å². The van der Waals surface area contributed by atoms with Gasteiger partial charge in [-0.25, -0.2) is 0 Å². The molecule has 6 aromatic heterocycles. The Kier molecular flexibility index (Phi) is 23.8. The Morgan fingerprint density at radius 1 is 0.355 bits per heavy atom. The molecule has 386 valence electrons. The van der Waals surface area contributed by atoms with Crippen molar-refractivity contribution in [2.75, 3.05) is 14.2 Å². The quantitative estimate of drug-likeness (QED) is 0.158. The van der Waals surface area contributed by atoms with Gasteiger partial charge in [-0.2, -0.15) is 0 Å². The maximum absolute atomic E-state index is 7.00. The SMILES string of the molecule is CO.CO.Cc1cc2c(-c3[c-]ccc(-c4ccccc4)c3)nccc2o1.Cc1cc2c(-c3cccc(-c4ccccc4)c3)nccc2o1.Cc1cccc(-c2[c-]cccc2)n1.Cc1cccc(-c2[c-]cccc2)n1.[Ir].[Ir]. The number of hydrogen-bond acceptors (Lipinski definition) is 8. The summed E-state index contributed by atoms with van der Waals surface area (Å²) in [5, 5.41) is 16.1. The van der Waals surface area contributed by atoms with Gasteiger partial charge in [0.05, 0.1) is 5.69 Å². The molecule has 0 aliphatic carbocycles. The van der Waals surface area contributed by atoms with E-state index >= 15 is 0 Å². The Morgan fingerprint density at radius 2 is 0.776 bits per heavy atom. The molecule has 0 bridgehead atoms. The van der Waals surface area contributed by atoms with Gasteiger partial charge in [-0.1, -0.05) is 103 Å². The number of hydrogen-bond donors (Lipinski definition) is 2. The molecule has 10 heteroatoms. The molecule has 0 amide bonds. The molecular weight excluding hydrogens is 1300 g/mol. The summed E-state index contributed by atoms with van der Waals surface area (Å²) in [7, 11) is 2.00. The van der Waals surface area contributed by atoms with Crippen LogP contribution in [0.4, 0.5) is 0 Å². The van der Waals surface area contributed by atoms with E-state index in [-0.39, 0.29) is 40.2 Å². The smallest absolute Gasteiger partial charge is 0.137 e. The zero-order valence-electron chi connectivity index (χ0n) is 43.0. The third kappa shape index (κ3) is 16.1. The molecule has 0 saturated heterocycles. The van der Waals surface area contributed by atoms with Crippen molar-refractivity contribution in [1.29, 1.82) is 0 Å². The van der Waals surface area contributed by atoms with Gasteiger partial charge in [0.25, 0.3) is 0 Å². The van der Waals surface area contributed by atoms with E-state index in [2.05, 4.69) is 111 Å². The number of nitrogens with zero attached hydrogens (tertiary/aromatic N) is 4. The molecule has 2 N–H and O–H groups in total. The molecule has 12 aromatic rings. The molecule has 0 saturated carbocycles. The molecule has 0 fully saturated rings. The Hall–Kier alpha value is -7.78. The topological polar surface area (TPSA) is 118 Å². The maximum Gasteiger partial charge on any atom is 0.137 e. The number of aliphatic hydroxyl groups is 2. The van der Waals surface area contributed by atoms with Crippen molar-refractivity contribution >= 4 is 21.9 Å². The Labute approximate surface area is 473 Å². The van der Waals surface area contributed by atoms with Crippen molar-refractivity contribution in [2.24, 2.45) is 0 Å². The van der Waals surface area contributed by atoms with E-state index in [1.165, 1.54) is 16.7 Å². The third-order valence-electron chi connectivity index (χ3n) is 11.3. The molecule has 6 heterocycles. The van der Waals surface area contributed by atoms with E-state index in [4.69, 9.17) is 19.0 Å². The summed E-state index contributed by atoms with van der Waals surface area (Å²) >= 11 is 0. The molecule has 2 radical (unpaired) electrons. The Balaban J connectivity index is 0.000000186. The molecule has 0 atom stereocenters. The average molecular weight is 1350 g/mol. The molecule has 12 rings (SSSR count). The number of aliphatic hydroxyl groups excluding tert-OH is 2. The van der Waals surface area contributed by atoms with Crippen LogP contribution in [0.25, 0.3) is 89.2 Å². The number of fused-ring (bicyclic) bond motifs is 2. The van der Waals surface area contributed by atoms with Gasteiger partial charge in [-0.05, 0) is 104 Å². The van der Waals surface area contributed by atoms with Gasteiger partial charge in [0.1, 0.15) is 22.7 Å². The predicted molar refractivity (Wildman–Crippen MR) is 301 cm³/mol. The second-order valence-corrected chi connectivity index (χ2v) is 16.5. The van der Waals surface area contributed by atoms with Crippen LogP contribution < -0.4 is 0 Å². The van der Waals surface area contributed by atoms with Gasteiger partial charge in [0, 0.05) is 94.5 Å². The van der Waals surface area contributed by atoms with Gasteiger partial charge in [-0.3, -0.25) is 4.98 Å². The fourth-order valence-electron chi connectivity index (χ4n) is 8.01. The van der Waals surface area contributed by atoms with Crippen LogP contribution in [-0.2, 0) is 40.2 Å². The number of benzene rings is 6. The molecule has 76 heavy (non-hydrogen) atoms. The summed E-state index contributed by atoms with van der Waals surface area (Å²) in [6.45, 7) is 7.90. The average Bonchev–Trinajstić information content (AvgIpc) is 4.06. The first kappa shape index (κ1) is 59.1. The zero-order valence-corrected chi connectivity index (χ0v) is 47.8.